The number of rotatable bonds is 1. The van der Waals surface area contributed by atoms with Crippen LogP contribution in [-0.4, -0.2) is 6.08 Å². The zero-order valence-corrected chi connectivity index (χ0v) is 7.43. The normalized spacial score (nSPS) is 11.1. The molecule has 0 spiro atoms. The third-order valence-electron chi connectivity index (χ3n) is 1.18. The van der Waals surface area contributed by atoms with Gasteiger partial charge in [0.2, 0.25) is 6.08 Å². The average molecular weight is 228 g/mol. The molecule has 0 N–H and O–H groups in total. The number of alkyl halides is 3. The van der Waals surface area contributed by atoms with Gasteiger partial charge in [-0.3, -0.25) is 0 Å². The van der Waals surface area contributed by atoms with Crippen molar-refractivity contribution in [2.75, 3.05) is 0 Å². The first-order chi connectivity index (χ1) is 5.96. The molecule has 0 atom stereocenters. The second-order valence-electron chi connectivity index (χ2n) is 1.97. The van der Waals surface area contributed by atoms with E-state index >= 15 is 0 Å². The van der Waals surface area contributed by atoms with Gasteiger partial charge in [-0.1, -0.05) is 11.6 Å². The summed E-state index contributed by atoms with van der Waals surface area (Å²) in [4.78, 5) is 12.7. The molecule has 1 heterocycles. The van der Waals surface area contributed by atoms with Gasteiger partial charge >= 0.3 is 6.18 Å². The molecular weight excluding hydrogens is 227 g/mol. The molecule has 1 rings (SSSR count). The third kappa shape index (κ3) is 2.09. The monoisotopic (exact) mass is 227 g/mol. The van der Waals surface area contributed by atoms with Crippen molar-refractivity contribution in [1.82, 2.24) is 0 Å². The number of nitrogens with zero attached hydrogens (tertiary/aromatic N) is 1. The smallest absolute Gasteiger partial charge is 0.211 e. The van der Waals surface area contributed by atoms with Gasteiger partial charge in [-0.2, -0.15) is 18.2 Å². The van der Waals surface area contributed by atoms with Crippen molar-refractivity contribution < 1.29 is 18.0 Å². The van der Waals surface area contributed by atoms with E-state index in [1.807, 2.05) is 0 Å². The molecule has 0 aliphatic heterocycles. The van der Waals surface area contributed by atoms with Crippen LogP contribution < -0.4 is 0 Å². The quantitative estimate of drug-likeness (QED) is 0.534. The maximum atomic E-state index is 12.1. The second kappa shape index (κ2) is 3.49. The van der Waals surface area contributed by atoms with Gasteiger partial charge in [-0.05, 0) is 0 Å². The van der Waals surface area contributed by atoms with Gasteiger partial charge < -0.3 is 0 Å². The molecule has 0 fully saturated rings. The summed E-state index contributed by atoms with van der Waals surface area (Å²) in [6, 6.07) is 0. The maximum absolute atomic E-state index is 12.1. The van der Waals surface area contributed by atoms with E-state index in [2.05, 4.69) is 4.99 Å². The van der Waals surface area contributed by atoms with Crippen molar-refractivity contribution in [2.45, 2.75) is 6.18 Å². The third-order valence-corrected chi connectivity index (χ3v) is 2.38. The topological polar surface area (TPSA) is 29.4 Å². The standard InChI is InChI=1S/C6HClF3NOS/c7-5-4(11-2-12)3(1-13-5)6(8,9)10/h1H. The zero-order chi connectivity index (χ0) is 10.1. The first kappa shape index (κ1) is 10.2. The van der Waals surface area contributed by atoms with Gasteiger partial charge in [-0.15, -0.1) is 11.3 Å². The van der Waals surface area contributed by atoms with Crippen molar-refractivity contribution in [3.63, 3.8) is 0 Å². The van der Waals surface area contributed by atoms with Gasteiger partial charge in [0.25, 0.3) is 0 Å². The molecule has 0 radical (unpaired) electrons. The van der Waals surface area contributed by atoms with Gasteiger partial charge in [0.1, 0.15) is 10.0 Å². The molecule has 0 bridgehead atoms. The van der Waals surface area contributed by atoms with Gasteiger partial charge in [0.15, 0.2) is 0 Å². The molecule has 0 aliphatic carbocycles. The lowest BCUT2D eigenvalue weighted by Gasteiger charge is -2.03. The summed E-state index contributed by atoms with van der Waals surface area (Å²) in [5, 5.41) is 0.804. The van der Waals surface area contributed by atoms with Crippen LogP contribution in [0.1, 0.15) is 5.56 Å². The first-order valence-electron chi connectivity index (χ1n) is 2.89. The summed E-state index contributed by atoms with van der Waals surface area (Å²) in [7, 11) is 0. The second-order valence-corrected chi connectivity index (χ2v) is 3.45. The van der Waals surface area contributed by atoms with Crippen LogP contribution in [0.4, 0.5) is 18.9 Å². The summed E-state index contributed by atoms with van der Waals surface area (Å²) in [6.07, 6.45) is -3.52. The molecule has 70 valence electrons. The number of aliphatic imine (C=N–C) groups is 1. The molecule has 0 aliphatic rings. The maximum Gasteiger partial charge on any atom is 0.419 e. The molecule has 13 heavy (non-hydrogen) atoms. The van der Waals surface area contributed by atoms with E-state index in [1.54, 1.807) is 0 Å². The largest absolute Gasteiger partial charge is 0.419 e. The van der Waals surface area contributed by atoms with Crippen molar-refractivity contribution in [1.29, 1.82) is 0 Å². The number of thiophene rings is 1. The summed E-state index contributed by atoms with van der Waals surface area (Å²) < 4.78 is 36.3. The predicted octanol–water partition coefficient (Wildman–Crippen LogP) is 3.39. The van der Waals surface area contributed by atoms with Crippen molar-refractivity contribution in [3.8, 4) is 0 Å². The number of hydrogen-bond donors (Lipinski definition) is 0. The fourth-order valence-electron chi connectivity index (χ4n) is 0.679. The highest BCUT2D eigenvalue weighted by atomic mass is 35.5. The zero-order valence-electron chi connectivity index (χ0n) is 5.85. The van der Waals surface area contributed by atoms with E-state index in [-0.39, 0.29) is 4.34 Å². The highest BCUT2D eigenvalue weighted by molar-refractivity contribution is 7.15. The minimum Gasteiger partial charge on any atom is -0.211 e. The molecule has 0 aromatic carbocycles. The van der Waals surface area contributed by atoms with E-state index < -0.39 is 17.4 Å². The summed E-state index contributed by atoms with van der Waals surface area (Å²) in [5.74, 6) is 0. The van der Waals surface area contributed by atoms with Crippen LogP contribution in [0, 0.1) is 0 Å². The van der Waals surface area contributed by atoms with Crippen molar-refractivity contribution >= 4 is 34.7 Å². The molecule has 1 aromatic rings. The predicted molar refractivity (Wildman–Crippen MR) is 42.1 cm³/mol. The lowest BCUT2D eigenvalue weighted by atomic mass is 10.3. The van der Waals surface area contributed by atoms with Crippen LogP contribution >= 0.6 is 22.9 Å². The van der Waals surface area contributed by atoms with Crippen LogP contribution in [0.2, 0.25) is 4.34 Å². The highest BCUT2D eigenvalue weighted by Crippen LogP contribution is 2.44. The Hall–Kier alpha value is -0.840. The molecule has 0 saturated heterocycles. The average Bonchev–Trinajstić information content (AvgIpc) is 2.32. The van der Waals surface area contributed by atoms with E-state index in [4.69, 9.17) is 11.6 Å². The molecule has 1 aromatic heterocycles. The van der Waals surface area contributed by atoms with Crippen molar-refractivity contribution in [3.05, 3.63) is 15.3 Å². The van der Waals surface area contributed by atoms with E-state index in [0.29, 0.717) is 11.3 Å². The number of carbonyl (C=O) groups excluding carboxylic acids is 1. The van der Waals surface area contributed by atoms with Crippen molar-refractivity contribution in [2.24, 2.45) is 4.99 Å². The summed E-state index contributed by atoms with van der Waals surface area (Å²) in [6.45, 7) is 0. The van der Waals surface area contributed by atoms with Crippen LogP contribution in [-0.2, 0) is 11.0 Å². The first-order valence-corrected chi connectivity index (χ1v) is 4.14. The Labute approximate surface area is 79.7 Å². The Morgan fingerprint density at radius 3 is 2.62 bits per heavy atom. The molecule has 0 amide bonds. The number of hydrogen-bond acceptors (Lipinski definition) is 3. The van der Waals surface area contributed by atoms with Crippen LogP contribution in [0.25, 0.3) is 0 Å². The van der Waals surface area contributed by atoms with E-state index in [1.165, 1.54) is 0 Å². The van der Waals surface area contributed by atoms with Gasteiger partial charge in [0.05, 0.1) is 5.56 Å². The Bertz CT molecular complexity index is 366. The highest BCUT2D eigenvalue weighted by Gasteiger charge is 2.35. The lowest BCUT2D eigenvalue weighted by molar-refractivity contribution is -0.136. The number of halogens is 4. The summed E-state index contributed by atoms with van der Waals surface area (Å²) in [5.41, 5.74) is -1.57. The van der Waals surface area contributed by atoms with Gasteiger partial charge in [-0.25, -0.2) is 4.79 Å². The Morgan fingerprint density at radius 1 is 1.54 bits per heavy atom. The van der Waals surface area contributed by atoms with E-state index in [0.717, 1.165) is 11.5 Å². The molecule has 0 unspecified atom stereocenters. The van der Waals surface area contributed by atoms with Gasteiger partial charge in [0, 0.05) is 5.38 Å². The molecule has 0 saturated carbocycles. The molecule has 7 heteroatoms. The minimum atomic E-state index is -4.54. The summed E-state index contributed by atoms with van der Waals surface area (Å²) >= 11 is 6.05. The SMILES string of the molecule is O=C=Nc1c(C(F)(F)F)csc1Cl. The van der Waals surface area contributed by atoms with E-state index in [9.17, 15) is 18.0 Å². The number of isocyanates is 1. The van der Waals surface area contributed by atoms with Crippen LogP contribution in [0.15, 0.2) is 10.4 Å². The van der Waals surface area contributed by atoms with Crippen LogP contribution in [0.5, 0.6) is 0 Å². The molecular formula is C6HClF3NOS. The lowest BCUT2D eigenvalue weighted by Crippen LogP contribution is -2.02. The Kier molecular flexibility index (Phi) is 2.75. The van der Waals surface area contributed by atoms with Crippen LogP contribution in [0.3, 0.4) is 0 Å². The fraction of sp³-hybridized carbons (Fsp3) is 0.167. The minimum absolute atomic E-state index is 0.171. The Balaban J connectivity index is 3.30. The molecule has 2 nitrogen and oxygen atoms in total. The Morgan fingerprint density at radius 2 is 2.15 bits per heavy atom. The fourth-order valence-corrected chi connectivity index (χ4v) is 1.69.